The van der Waals surface area contributed by atoms with Crippen molar-refractivity contribution in [2.24, 2.45) is 0 Å². The molecule has 0 aromatic rings. The second-order valence-electron chi connectivity index (χ2n) is 5.86. The Morgan fingerprint density at radius 3 is 2.22 bits per heavy atom. The quantitative estimate of drug-likeness (QED) is 0.492. The van der Waals surface area contributed by atoms with Gasteiger partial charge in [-0.2, -0.15) is 0 Å². The minimum atomic E-state index is -0.997. The van der Waals surface area contributed by atoms with Crippen molar-refractivity contribution in [2.75, 3.05) is 0 Å². The van der Waals surface area contributed by atoms with E-state index in [0.717, 1.165) is 12.8 Å². The van der Waals surface area contributed by atoms with E-state index in [1.165, 1.54) is 19.3 Å². The Bertz CT molecular complexity index is 244. The summed E-state index contributed by atoms with van der Waals surface area (Å²) < 4.78 is 5.45. The van der Waals surface area contributed by atoms with Crippen molar-refractivity contribution in [1.29, 1.82) is 0 Å². The van der Waals surface area contributed by atoms with E-state index in [4.69, 9.17) is 4.65 Å². The van der Waals surface area contributed by atoms with Crippen LogP contribution >= 0.6 is 0 Å². The monoisotopic (exact) mass is 256 g/mol. The smallest absolute Gasteiger partial charge is 0.423 e. The van der Waals surface area contributed by atoms with Gasteiger partial charge in [-0.1, -0.05) is 38.2 Å². The van der Waals surface area contributed by atoms with Crippen LogP contribution in [0, 0.1) is 0 Å². The fourth-order valence-electron chi connectivity index (χ4n) is 1.39. The normalized spacial score (nSPS) is 13.3. The van der Waals surface area contributed by atoms with E-state index in [-0.39, 0.29) is 0 Å². The molecule has 0 aromatic heterocycles. The SMILES string of the molecule is CCCCCCC=CB(O)OC(C)(C)C(C)(C)O. The lowest BCUT2D eigenvalue weighted by molar-refractivity contribution is -0.0984. The molecule has 2 N–H and O–H groups in total. The zero-order valence-electron chi connectivity index (χ0n) is 12.6. The second kappa shape index (κ2) is 7.98. The number of hydrogen-bond donors (Lipinski definition) is 2. The molecule has 3 nitrogen and oxygen atoms in total. The molecule has 0 atom stereocenters. The van der Waals surface area contributed by atoms with Gasteiger partial charge in [0.25, 0.3) is 0 Å². The summed E-state index contributed by atoms with van der Waals surface area (Å²) >= 11 is 0. The van der Waals surface area contributed by atoms with Crippen LogP contribution in [0.15, 0.2) is 12.1 Å². The summed E-state index contributed by atoms with van der Waals surface area (Å²) in [5.41, 5.74) is -1.79. The first kappa shape index (κ1) is 17.7. The lowest BCUT2D eigenvalue weighted by Gasteiger charge is -2.38. The lowest BCUT2D eigenvalue weighted by atomic mass is 9.83. The summed E-state index contributed by atoms with van der Waals surface area (Å²) in [6.45, 7) is 9.07. The van der Waals surface area contributed by atoms with Crippen molar-refractivity contribution >= 4 is 7.12 Å². The van der Waals surface area contributed by atoms with Crippen LogP contribution < -0.4 is 0 Å². The van der Waals surface area contributed by atoms with Gasteiger partial charge in [0.2, 0.25) is 0 Å². The first-order valence-corrected chi connectivity index (χ1v) is 6.95. The zero-order valence-corrected chi connectivity index (χ0v) is 12.6. The predicted molar refractivity (Wildman–Crippen MR) is 77.3 cm³/mol. The number of aliphatic hydroxyl groups is 1. The minimum Gasteiger partial charge on any atom is -0.423 e. The van der Waals surface area contributed by atoms with Crippen LogP contribution in [0.4, 0.5) is 0 Å². The molecule has 0 aromatic carbocycles. The molecule has 18 heavy (non-hydrogen) atoms. The number of rotatable bonds is 9. The predicted octanol–water partition coefficient (Wildman–Crippen LogP) is 3.10. The Labute approximate surface area is 112 Å². The zero-order chi connectivity index (χ0) is 14.2. The van der Waals surface area contributed by atoms with Crippen molar-refractivity contribution in [3.8, 4) is 0 Å². The first-order chi connectivity index (χ1) is 8.20. The summed E-state index contributed by atoms with van der Waals surface area (Å²) in [7, 11) is -0.961. The van der Waals surface area contributed by atoms with E-state index in [9.17, 15) is 10.1 Å². The molecule has 0 bridgehead atoms. The van der Waals surface area contributed by atoms with Crippen LogP contribution in [0.1, 0.15) is 66.7 Å². The summed E-state index contributed by atoms with van der Waals surface area (Å²) in [5, 5.41) is 19.6. The van der Waals surface area contributed by atoms with E-state index in [1.54, 1.807) is 33.7 Å². The fraction of sp³-hybridized carbons (Fsp3) is 0.857. The molecular formula is C14H29BO3. The van der Waals surface area contributed by atoms with E-state index in [0.29, 0.717) is 0 Å². The average molecular weight is 256 g/mol. The third-order valence-corrected chi connectivity index (χ3v) is 3.41. The molecule has 4 heteroatoms. The molecule has 106 valence electrons. The second-order valence-corrected chi connectivity index (χ2v) is 5.86. The van der Waals surface area contributed by atoms with Crippen LogP contribution in [0.3, 0.4) is 0 Å². The van der Waals surface area contributed by atoms with Gasteiger partial charge in [0, 0.05) is 0 Å². The molecule has 0 aliphatic heterocycles. The Hall–Kier alpha value is -0.315. The lowest BCUT2D eigenvalue weighted by Crippen LogP contribution is -2.50. The maximum Gasteiger partial charge on any atom is 0.483 e. The number of hydrogen-bond acceptors (Lipinski definition) is 3. The van der Waals surface area contributed by atoms with Gasteiger partial charge >= 0.3 is 7.12 Å². The van der Waals surface area contributed by atoms with Gasteiger partial charge in [0.1, 0.15) is 0 Å². The molecular weight excluding hydrogens is 227 g/mol. The van der Waals surface area contributed by atoms with Crippen molar-refractivity contribution < 1.29 is 14.8 Å². The third kappa shape index (κ3) is 7.19. The minimum absolute atomic E-state index is 0.793. The first-order valence-electron chi connectivity index (χ1n) is 6.95. The average Bonchev–Trinajstić information content (AvgIpc) is 2.20. The molecule has 0 aliphatic rings. The van der Waals surface area contributed by atoms with E-state index >= 15 is 0 Å². The highest BCUT2D eigenvalue weighted by atomic mass is 16.5. The Balaban J connectivity index is 3.96. The Morgan fingerprint density at radius 1 is 1.11 bits per heavy atom. The summed E-state index contributed by atoms with van der Waals surface area (Å²) in [5.74, 6) is 1.65. The number of unbranched alkanes of at least 4 members (excludes halogenated alkanes) is 4. The van der Waals surface area contributed by atoms with Crippen molar-refractivity contribution in [3.05, 3.63) is 12.1 Å². The van der Waals surface area contributed by atoms with Crippen LogP contribution in [0.25, 0.3) is 0 Å². The molecule has 0 spiro atoms. The molecule has 0 heterocycles. The maximum absolute atomic E-state index is 9.90. The van der Waals surface area contributed by atoms with Gasteiger partial charge in [0.15, 0.2) is 0 Å². The van der Waals surface area contributed by atoms with Crippen LogP contribution in [-0.2, 0) is 4.65 Å². The summed E-state index contributed by atoms with van der Waals surface area (Å²) in [6, 6.07) is 0. The largest absolute Gasteiger partial charge is 0.483 e. The van der Waals surface area contributed by atoms with Gasteiger partial charge in [-0.25, -0.2) is 0 Å². The molecule has 0 aliphatic carbocycles. The Morgan fingerprint density at radius 2 is 1.72 bits per heavy atom. The molecule has 0 saturated heterocycles. The van der Waals surface area contributed by atoms with E-state index < -0.39 is 18.3 Å². The molecule has 0 rings (SSSR count). The van der Waals surface area contributed by atoms with Crippen LogP contribution in [0.5, 0.6) is 0 Å². The van der Waals surface area contributed by atoms with Crippen LogP contribution in [0.2, 0.25) is 0 Å². The maximum atomic E-state index is 9.90. The third-order valence-electron chi connectivity index (χ3n) is 3.41. The molecule has 0 saturated carbocycles. The van der Waals surface area contributed by atoms with Gasteiger partial charge in [-0.3, -0.25) is 0 Å². The van der Waals surface area contributed by atoms with Crippen molar-refractivity contribution in [1.82, 2.24) is 0 Å². The molecule has 0 unspecified atom stereocenters. The highest BCUT2D eigenvalue weighted by molar-refractivity contribution is 6.49. The van der Waals surface area contributed by atoms with E-state index in [1.807, 2.05) is 6.08 Å². The van der Waals surface area contributed by atoms with Crippen molar-refractivity contribution in [2.45, 2.75) is 77.9 Å². The number of allylic oxidation sites excluding steroid dienone is 1. The van der Waals surface area contributed by atoms with Gasteiger partial charge in [-0.15, -0.1) is 0 Å². The molecule has 0 amide bonds. The standard InChI is InChI=1S/C14H29BO3/c1-6-7-8-9-10-11-12-15(17)18-14(4,5)13(2,3)16/h11-12,16-17H,6-10H2,1-5H3. The summed E-state index contributed by atoms with van der Waals surface area (Å²) in [4.78, 5) is 0. The Kier molecular flexibility index (Phi) is 7.84. The fourth-order valence-corrected chi connectivity index (χ4v) is 1.39. The highest BCUT2D eigenvalue weighted by Crippen LogP contribution is 2.25. The van der Waals surface area contributed by atoms with E-state index in [2.05, 4.69) is 6.92 Å². The molecule has 0 fully saturated rings. The van der Waals surface area contributed by atoms with Gasteiger partial charge < -0.3 is 14.8 Å². The summed E-state index contributed by atoms with van der Waals surface area (Å²) in [6.07, 6.45) is 7.77. The van der Waals surface area contributed by atoms with Crippen molar-refractivity contribution in [3.63, 3.8) is 0 Å². The topological polar surface area (TPSA) is 49.7 Å². The van der Waals surface area contributed by atoms with Crippen LogP contribution in [-0.4, -0.2) is 28.5 Å². The van der Waals surface area contributed by atoms with Gasteiger partial charge in [-0.05, 0) is 40.5 Å². The molecule has 0 radical (unpaired) electrons. The highest BCUT2D eigenvalue weighted by Gasteiger charge is 2.38. The van der Waals surface area contributed by atoms with Gasteiger partial charge in [0.05, 0.1) is 11.2 Å².